The Bertz CT molecular complexity index is 507. The number of halogens is 1. The first-order valence-electron chi connectivity index (χ1n) is 6.12. The lowest BCUT2D eigenvalue weighted by Gasteiger charge is -2.20. The highest BCUT2D eigenvalue weighted by Gasteiger charge is 2.25. The zero-order chi connectivity index (χ0) is 13.3. The summed E-state index contributed by atoms with van der Waals surface area (Å²) in [5.41, 5.74) is 3.51. The number of rotatable bonds is 4. The van der Waals surface area contributed by atoms with Gasteiger partial charge in [0, 0.05) is 22.2 Å². The fraction of sp³-hybridized carbons (Fsp3) is 0.357. The van der Waals surface area contributed by atoms with Crippen LogP contribution in [0.3, 0.4) is 0 Å². The van der Waals surface area contributed by atoms with E-state index in [0.717, 1.165) is 40.9 Å². The van der Waals surface area contributed by atoms with E-state index in [0.29, 0.717) is 5.57 Å². The van der Waals surface area contributed by atoms with Gasteiger partial charge in [0.2, 0.25) is 0 Å². The third-order valence-electron chi connectivity index (χ3n) is 3.31. The number of fused-ring (bicyclic) bond motifs is 1. The molecule has 0 unspecified atom stereocenters. The maximum atomic E-state index is 11.7. The number of nitrogens with one attached hydrogen (secondary N) is 1. The molecule has 1 aliphatic heterocycles. The van der Waals surface area contributed by atoms with E-state index in [1.54, 1.807) is 0 Å². The molecule has 0 radical (unpaired) electrons. The van der Waals surface area contributed by atoms with Crippen molar-refractivity contribution >= 4 is 33.1 Å². The fourth-order valence-corrected chi connectivity index (χ4v) is 2.68. The molecule has 96 valence electrons. The van der Waals surface area contributed by atoms with Crippen molar-refractivity contribution in [3.63, 3.8) is 0 Å². The van der Waals surface area contributed by atoms with Crippen molar-refractivity contribution in [3.8, 4) is 0 Å². The van der Waals surface area contributed by atoms with Gasteiger partial charge in [-0.2, -0.15) is 0 Å². The van der Waals surface area contributed by atoms with Gasteiger partial charge >= 0.3 is 0 Å². The summed E-state index contributed by atoms with van der Waals surface area (Å²) in [6, 6.07) is 4.01. The molecule has 0 saturated heterocycles. The molecular weight excluding hydrogens is 292 g/mol. The first-order valence-corrected chi connectivity index (χ1v) is 6.91. The first kappa shape index (κ1) is 13.3. The Kier molecular flexibility index (Phi) is 3.88. The summed E-state index contributed by atoms with van der Waals surface area (Å²) in [6.07, 6.45) is 0. The van der Waals surface area contributed by atoms with Crippen LogP contribution in [0, 0.1) is 0 Å². The van der Waals surface area contributed by atoms with Crippen LogP contribution in [0.25, 0.3) is 5.57 Å². The SMILES string of the molecule is C=C1C(=O)Nc2c(CN(CC)CC)cc(Br)cc21. The standard InChI is InChI=1S/C14H17BrN2O/c1-4-17(5-2)8-10-6-11(15)7-12-9(3)14(18)16-13(10)12/h6-7H,3-5,8H2,1-2H3,(H,16,18). The smallest absolute Gasteiger partial charge is 0.255 e. The van der Waals surface area contributed by atoms with Gasteiger partial charge < -0.3 is 5.32 Å². The van der Waals surface area contributed by atoms with Crippen LogP contribution < -0.4 is 5.32 Å². The van der Waals surface area contributed by atoms with Gasteiger partial charge in [0.15, 0.2) is 0 Å². The highest BCUT2D eigenvalue weighted by atomic mass is 79.9. The van der Waals surface area contributed by atoms with Crippen LogP contribution in [-0.2, 0) is 11.3 Å². The summed E-state index contributed by atoms with van der Waals surface area (Å²) in [5.74, 6) is -0.0936. The number of carbonyl (C=O) groups is 1. The third-order valence-corrected chi connectivity index (χ3v) is 3.77. The number of hydrogen-bond donors (Lipinski definition) is 1. The second kappa shape index (κ2) is 5.24. The molecule has 1 aromatic carbocycles. The second-order valence-electron chi connectivity index (χ2n) is 4.38. The van der Waals surface area contributed by atoms with Gasteiger partial charge in [-0.05, 0) is 30.8 Å². The molecule has 1 heterocycles. The van der Waals surface area contributed by atoms with E-state index in [1.807, 2.05) is 6.07 Å². The lowest BCUT2D eigenvalue weighted by atomic mass is 10.0. The van der Waals surface area contributed by atoms with Crippen molar-refractivity contribution in [2.24, 2.45) is 0 Å². The van der Waals surface area contributed by atoms with Crippen LogP contribution >= 0.6 is 15.9 Å². The second-order valence-corrected chi connectivity index (χ2v) is 5.30. The summed E-state index contributed by atoms with van der Waals surface area (Å²) in [5, 5.41) is 2.91. The number of carbonyl (C=O) groups excluding carboxylic acids is 1. The van der Waals surface area contributed by atoms with Crippen molar-refractivity contribution in [3.05, 3.63) is 34.3 Å². The molecule has 4 heteroatoms. The molecule has 0 spiro atoms. The highest BCUT2D eigenvalue weighted by Crippen LogP contribution is 2.36. The van der Waals surface area contributed by atoms with E-state index in [-0.39, 0.29) is 5.91 Å². The number of amides is 1. The van der Waals surface area contributed by atoms with Crippen molar-refractivity contribution in [1.82, 2.24) is 4.90 Å². The molecule has 3 nitrogen and oxygen atoms in total. The Hall–Kier alpha value is -1.13. The highest BCUT2D eigenvalue weighted by molar-refractivity contribution is 9.10. The minimum Gasteiger partial charge on any atom is -0.321 e. The number of anilines is 1. The van der Waals surface area contributed by atoms with Crippen LogP contribution in [0.1, 0.15) is 25.0 Å². The van der Waals surface area contributed by atoms with E-state index in [1.165, 1.54) is 0 Å². The summed E-state index contributed by atoms with van der Waals surface area (Å²) >= 11 is 3.50. The summed E-state index contributed by atoms with van der Waals surface area (Å²) in [7, 11) is 0. The van der Waals surface area contributed by atoms with Gasteiger partial charge in [0.05, 0.1) is 5.69 Å². The topological polar surface area (TPSA) is 32.3 Å². The molecule has 0 bridgehead atoms. The van der Waals surface area contributed by atoms with E-state index in [9.17, 15) is 4.79 Å². The van der Waals surface area contributed by atoms with Crippen LogP contribution in [0.5, 0.6) is 0 Å². The molecule has 1 aliphatic rings. The Balaban J connectivity index is 2.41. The van der Waals surface area contributed by atoms with Gasteiger partial charge in [-0.25, -0.2) is 0 Å². The predicted molar refractivity (Wildman–Crippen MR) is 78.4 cm³/mol. The molecule has 2 rings (SSSR count). The molecule has 0 fully saturated rings. The maximum Gasteiger partial charge on any atom is 0.255 e. The van der Waals surface area contributed by atoms with Gasteiger partial charge in [-0.15, -0.1) is 0 Å². The van der Waals surface area contributed by atoms with Gasteiger partial charge in [-0.1, -0.05) is 36.4 Å². The summed E-state index contributed by atoms with van der Waals surface area (Å²) in [4.78, 5) is 14.0. The predicted octanol–water partition coefficient (Wildman–Crippen LogP) is 3.26. The summed E-state index contributed by atoms with van der Waals surface area (Å²) < 4.78 is 0.987. The normalized spacial score (nSPS) is 14.0. The molecular formula is C14H17BrN2O. The van der Waals surface area contributed by atoms with Gasteiger partial charge in [0.1, 0.15) is 0 Å². The van der Waals surface area contributed by atoms with E-state index < -0.39 is 0 Å². The van der Waals surface area contributed by atoms with Crippen molar-refractivity contribution in [2.75, 3.05) is 18.4 Å². The molecule has 0 saturated carbocycles. The maximum absolute atomic E-state index is 11.7. The Morgan fingerprint density at radius 2 is 2.00 bits per heavy atom. The van der Waals surface area contributed by atoms with Crippen LogP contribution in [-0.4, -0.2) is 23.9 Å². The molecule has 0 aromatic heterocycles. The van der Waals surface area contributed by atoms with Crippen LogP contribution in [0.15, 0.2) is 23.2 Å². The number of nitrogens with zero attached hydrogens (tertiary/aromatic N) is 1. The molecule has 1 amide bonds. The van der Waals surface area contributed by atoms with Gasteiger partial charge in [0.25, 0.3) is 5.91 Å². The Morgan fingerprint density at radius 1 is 1.33 bits per heavy atom. The molecule has 0 aliphatic carbocycles. The fourth-order valence-electron chi connectivity index (χ4n) is 2.17. The average molecular weight is 309 g/mol. The Labute approximate surface area is 116 Å². The molecule has 0 atom stereocenters. The molecule has 18 heavy (non-hydrogen) atoms. The number of benzene rings is 1. The Morgan fingerprint density at radius 3 is 2.61 bits per heavy atom. The van der Waals surface area contributed by atoms with Crippen LogP contribution in [0.4, 0.5) is 5.69 Å². The zero-order valence-electron chi connectivity index (χ0n) is 10.7. The molecule has 1 N–H and O–H groups in total. The third kappa shape index (κ3) is 2.35. The first-order chi connectivity index (χ1) is 8.56. The van der Waals surface area contributed by atoms with Crippen molar-refractivity contribution in [1.29, 1.82) is 0 Å². The minimum atomic E-state index is -0.0936. The van der Waals surface area contributed by atoms with Crippen molar-refractivity contribution < 1.29 is 4.79 Å². The summed E-state index contributed by atoms with van der Waals surface area (Å²) in [6.45, 7) is 10.9. The molecule has 1 aromatic rings. The average Bonchev–Trinajstić information content (AvgIpc) is 2.63. The zero-order valence-corrected chi connectivity index (χ0v) is 12.3. The largest absolute Gasteiger partial charge is 0.321 e. The van der Waals surface area contributed by atoms with E-state index >= 15 is 0 Å². The lowest BCUT2D eigenvalue weighted by Crippen LogP contribution is -2.22. The number of hydrogen-bond acceptors (Lipinski definition) is 2. The van der Waals surface area contributed by atoms with E-state index in [4.69, 9.17) is 0 Å². The quantitative estimate of drug-likeness (QED) is 0.866. The van der Waals surface area contributed by atoms with Crippen molar-refractivity contribution in [2.45, 2.75) is 20.4 Å². The van der Waals surface area contributed by atoms with Gasteiger partial charge in [-0.3, -0.25) is 9.69 Å². The monoisotopic (exact) mass is 308 g/mol. The lowest BCUT2D eigenvalue weighted by molar-refractivity contribution is -0.110. The van der Waals surface area contributed by atoms with Crippen LogP contribution in [0.2, 0.25) is 0 Å². The van der Waals surface area contributed by atoms with E-state index in [2.05, 4.69) is 52.6 Å². The minimum absolute atomic E-state index is 0.0936.